The number of nitrogens with one attached hydrogen (secondary N) is 1. The number of anilines is 2. The molecule has 2 heterocycles. The second kappa shape index (κ2) is 6.97. The molecule has 2 aromatic heterocycles. The number of carbonyl (C=O) groups excluding carboxylic acids is 1. The molecule has 0 aromatic carbocycles. The molecule has 0 saturated heterocycles. The molecule has 20 heavy (non-hydrogen) atoms. The first-order valence-corrected chi connectivity index (χ1v) is 8.15. The summed E-state index contributed by atoms with van der Waals surface area (Å²) in [6, 6.07) is 5.67. The van der Waals surface area contributed by atoms with E-state index >= 15 is 0 Å². The third-order valence-electron chi connectivity index (χ3n) is 2.52. The molecule has 0 atom stereocenters. The second-order valence-electron chi connectivity index (χ2n) is 4.00. The van der Waals surface area contributed by atoms with Crippen LogP contribution in [0.1, 0.15) is 21.5 Å². The average Bonchev–Trinajstić information content (AvgIpc) is 2.96. The van der Waals surface area contributed by atoms with Crippen LogP contribution in [0.3, 0.4) is 0 Å². The van der Waals surface area contributed by atoms with Crippen molar-refractivity contribution in [2.45, 2.75) is 13.3 Å². The van der Waals surface area contributed by atoms with E-state index in [9.17, 15) is 4.79 Å². The SMILES string of the molecule is CCOC(=O)c1sc(NCCc2ccc(Cl)s2)cc1N. The molecular weight excluding hydrogens is 316 g/mol. The van der Waals surface area contributed by atoms with Crippen molar-refractivity contribution in [2.24, 2.45) is 0 Å². The Balaban J connectivity index is 1.90. The summed E-state index contributed by atoms with van der Waals surface area (Å²) in [5.41, 5.74) is 6.27. The minimum atomic E-state index is -0.368. The van der Waals surface area contributed by atoms with Gasteiger partial charge in [0.25, 0.3) is 0 Å². The Morgan fingerprint density at radius 2 is 2.25 bits per heavy atom. The van der Waals surface area contributed by atoms with E-state index in [1.54, 1.807) is 24.3 Å². The first kappa shape index (κ1) is 15.2. The highest BCUT2D eigenvalue weighted by Gasteiger charge is 2.15. The van der Waals surface area contributed by atoms with Crippen LogP contribution in [0.25, 0.3) is 0 Å². The number of hydrogen-bond acceptors (Lipinski definition) is 6. The number of esters is 1. The summed E-state index contributed by atoms with van der Waals surface area (Å²) in [5, 5.41) is 4.12. The van der Waals surface area contributed by atoms with Crippen molar-refractivity contribution in [3.05, 3.63) is 32.3 Å². The maximum atomic E-state index is 11.6. The Morgan fingerprint density at radius 1 is 1.45 bits per heavy atom. The molecule has 0 bridgehead atoms. The smallest absolute Gasteiger partial charge is 0.350 e. The predicted octanol–water partition coefficient (Wildman–Crippen LogP) is 3.88. The highest BCUT2D eigenvalue weighted by Crippen LogP contribution is 2.30. The van der Waals surface area contributed by atoms with Gasteiger partial charge in [0.05, 0.1) is 21.6 Å². The highest BCUT2D eigenvalue weighted by atomic mass is 35.5. The van der Waals surface area contributed by atoms with Gasteiger partial charge in [-0.15, -0.1) is 22.7 Å². The fraction of sp³-hybridized carbons (Fsp3) is 0.308. The van der Waals surface area contributed by atoms with Gasteiger partial charge < -0.3 is 15.8 Å². The van der Waals surface area contributed by atoms with Gasteiger partial charge in [-0.05, 0) is 31.5 Å². The molecule has 0 radical (unpaired) electrons. The number of hydrogen-bond donors (Lipinski definition) is 2. The summed E-state index contributed by atoms with van der Waals surface area (Å²) in [6.45, 7) is 2.88. The number of ether oxygens (including phenoxy) is 1. The van der Waals surface area contributed by atoms with E-state index in [0.717, 1.165) is 22.3 Å². The van der Waals surface area contributed by atoms with Crippen molar-refractivity contribution in [3.8, 4) is 0 Å². The van der Waals surface area contributed by atoms with Gasteiger partial charge in [0.1, 0.15) is 4.88 Å². The van der Waals surface area contributed by atoms with Crippen molar-refractivity contribution in [1.82, 2.24) is 0 Å². The van der Waals surface area contributed by atoms with Crippen LogP contribution in [0.4, 0.5) is 10.7 Å². The molecule has 0 fully saturated rings. The van der Waals surface area contributed by atoms with E-state index in [2.05, 4.69) is 5.32 Å². The summed E-state index contributed by atoms with van der Waals surface area (Å²) in [5.74, 6) is -0.368. The van der Waals surface area contributed by atoms with Crippen LogP contribution in [0.2, 0.25) is 4.34 Å². The zero-order valence-corrected chi connectivity index (χ0v) is 13.3. The third-order valence-corrected chi connectivity index (χ3v) is 4.90. The van der Waals surface area contributed by atoms with Crippen molar-refractivity contribution >= 4 is 50.9 Å². The normalized spacial score (nSPS) is 10.5. The molecule has 0 aliphatic carbocycles. The number of rotatable bonds is 6. The Labute approximate surface area is 130 Å². The first-order valence-electron chi connectivity index (χ1n) is 6.14. The molecule has 4 nitrogen and oxygen atoms in total. The molecule has 7 heteroatoms. The molecular formula is C13H15ClN2O2S2. The maximum Gasteiger partial charge on any atom is 0.350 e. The minimum absolute atomic E-state index is 0.345. The maximum absolute atomic E-state index is 11.6. The Bertz CT molecular complexity index is 595. The van der Waals surface area contributed by atoms with Crippen LogP contribution < -0.4 is 11.1 Å². The van der Waals surface area contributed by atoms with Crippen LogP contribution in [-0.4, -0.2) is 19.1 Å². The first-order chi connectivity index (χ1) is 9.60. The number of halogens is 1. The van der Waals surface area contributed by atoms with E-state index in [1.807, 2.05) is 12.1 Å². The van der Waals surface area contributed by atoms with Crippen molar-refractivity contribution in [2.75, 3.05) is 24.2 Å². The summed E-state index contributed by atoms with van der Waals surface area (Å²) in [4.78, 5) is 13.3. The van der Waals surface area contributed by atoms with E-state index < -0.39 is 0 Å². The number of nitrogen functional groups attached to an aromatic ring is 1. The molecule has 0 spiro atoms. The van der Waals surface area contributed by atoms with Crippen LogP contribution in [0.15, 0.2) is 18.2 Å². The van der Waals surface area contributed by atoms with Crippen molar-refractivity contribution in [3.63, 3.8) is 0 Å². The predicted molar refractivity (Wildman–Crippen MR) is 86.2 cm³/mol. The monoisotopic (exact) mass is 330 g/mol. The fourth-order valence-electron chi connectivity index (χ4n) is 1.64. The van der Waals surface area contributed by atoms with Gasteiger partial charge in [-0.3, -0.25) is 0 Å². The van der Waals surface area contributed by atoms with Gasteiger partial charge in [0.2, 0.25) is 0 Å². The zero-order valence-electron chi connectivity index (χ0n) is 10.9. The van der Waals surface area contributed by atoms with E-state index in [0.29, 0.717) is 17.2 Å². The summed E-state index contributed by atoms with van der Waals surface area (Å²) in [7, 11) is 0. The number of thiophene rings is 2. The Kier molecular flexibility index (Phi) is 5.28. The highest BCUT2D eigenvalue weighted by molar-refractivity contribution is 7.18. The van der Waals surface area contributed by atoms with Gasteiger partial charge in [-0.1, -0.05) is 11.6 Å². The molecule has 2 aromatic rings. The molecule has 0 saturated carbocycles. The second-order valence-corrected chi connectivity index (χ2v) is 6.85. The van der Waals surface area contributed by atoms with Crippen molar-refractivity contribution in [1.29, 1.82) is 0 Å². The van der Waals surface area contributed by atoms with E-state index in [1.165, 1.54) is 16.2 Å². The fourth-order valence-corrected chi connectivity index (χ4v) is 3.63. The lowest BCUT2D eigenvalue weighted by molar-refractivity contribution is 0.0533. The summed E-state index contributed by atoms with van der Waals surface area (Å²) < 4.78 is 5.75. The number of carbonyl (C=O) groups is 1. The topological polar surface area (TPSA) is 64.3 Å². The quantitative estimate of drug-likeness (QED) is 0.789. The summed E-state index contributed by atoms with van der Waals surface area (Å²) in [6.07, 6.45) is 0.879. The largest absolute Gasteiger partial charge is 0.462 e. The van der Waals surface area contributed by atoms with Crippen LogP contribution in [-0.2, 0) is 11.2 Å². The van der Waals surface area contributed by atoms with Crippen molar-refractivity contribution < 1.29 is 9.53 Å². The molecule has 3 N–H and O–H groups in total. The van der Waals surface area contributed by atoms with E-state index in [4.69, 9.17) is 22.1 Å². The van der Waals surface area contributed by atoms with Gasteiger partial charge in [0.15, 0.2) is 0 Å². The molecule has 0 aliphatic rings. The zero-order chi connectivity index (χ0) is 14.5. The van der Waals surface area contributed by atoms with Crippen LogP contribution in [0, 0.1) is 0 Å². The van der Waals surface area contributed by atoms with Crippen LogP contribution >= 0.6 is 34.3 Å². The lowest BCUT2D eigenvalue weighted by Crippen LogP contribution is -2.04. The molecule has 0 aliphatic heterocycles. The van der Waals surface area contributed by atoms with Gasteiger partial charge in [-0.2, -0.15) is 0 Å². The Hall–Kier alpha value is -1.24. The lowest BCUT2D eigenvalue weighted by Gasteiger charge is -2.01. The molecule has 2 rings (SSSR count). The summed E-state index contributed by atoms with van der Waals surface area (Å²) >= 11 is 8.76. The lowest BCUT2D eigenvalue weighted by atomic mass is 10.3. The van der Waals surface area contributed by atoms with Gasteiger partial charge in [0, 0.05) is 11.4 Å². The van der Waals surface area contributed by atoms with Crippen LogP contribution in [0.5, 0.6) is 0 Å². The van der Waals surface area contributed by atoms with E-state index in [-0.39, 0.29) is 5.97 Å². The molecule has 108 valence electrons. The average molecular weight is 331 g/mol. The molecule has 0 amide bonds. The standard InChI is InChI=1S/C13H15ClN2O2S2/c1-2-18-13(17)12-9(15)7-11(20-12)16-6-5-8-3-4-10(14)19-8/h3-4,7,16H,2,5-6,15H2,1H3. The van der Waals surface area contributed by atoms with Gasteiger partial charge in [-0.25, -0.2) is 4.79 Å². The Morgan fingerprint density at radius 3 is 2.90 bits per heavy atom. The van der Waals surface area contributed by atoms with Gasteiger partial charge >= 0.3 is 5.97 Å². The minimum Gasteiger partial charge on any atom is -0.462 e. The number of nitrogens with two attached hydrogens (primary N) is 1. The molecule has 0 unspecified atom stereocenters. The third kappa shape index (κ3) is 3.88.